The summed E-state index contributed by atoms with van der Waals surface area (Å²) < 4.78 is 10.9. The molecule has 1 aliphatic heterocycles. The van der Waals surface area contributed by atoms with Crippen molar-refractivity contribution in [1.82, 2.24) is 0 Å². The molecule has 1 aliphatic rings. The molecule has 16 heavy (non-hydrogen) atoms. The van der Waals surface area contributed by atoms with Gasteiger partial charge < -0.3 is 15.2 Å². The van der Waals surface area contributed by atoms with Gasteiger partial charge in [-0.2, -0.15) is 0 Å². The largest absolute Gasteiger partial charge is 0.381 e. The standard InChI is InChI=1S/C13H27NO2/c1-2-3-4-5-6-8-15-11-13(14)12-7-9-16-10-12/h12-13H,2-11,14H2,1H3. The van der Waals surface area contributed by atoms with Crippen LogP contribution in [0, 0.1) is 5.92 Å². The molecule has 1 saturated heterocycles. The molecule has 96 valence electrons. The summed E-state index contributed by atoms with van der Waals surface area (Å²) in [5.41, 5.74) is 6.04. The summed E-state index contributed by atoms with van der Waals surface area (Å²) >= 11 is 0. The molecule has 0 aromatic carbocycles. The molecule has 1 rings (SSSR count). The monoisotopic (exact) mass is 229 g/mol. The lowest BCUT2D eigenvalue weighted by Crippen LogP contribution is -2.35. The maximum absolute atomic E-state index is 6.04. The highest BCUT2D eigenvalue weighted by Gasteiger charge is 2.22. The van der Waals surface area contributed by atoms with Crippen molar-refractivity contribution in [3.8, 4) is 0 Å². The molecule has 2 unspecified atom stereocenters. The molecule has 2 N–H and O–H groups in total. The average molecular weight is 229 g/mol. The van der Waals surface area contributed by atoms with Crippen molar-refractivity contribution in [2.75, 3.05) is 26.4 Å². The molecule has 3 heteroatoms. The third-order valence-electron chi connectivity index (χ3n) is 3.27. The van der Waals surface area contributed by atoms with E-state index in [1.54, 1.807) is 0 Å². The second-order valence-corrected chi connectivity index (χ2v) is 4.78. The van der Waals surface area contributed by atoms with Gasteiger partial charge in [0.25, 0.3) is 0 Å². The molecule has 0 spiro atoms. The fourth-order valence-electron chi connectivity index (χ4n) is 2.05. The van der Waals surface area contributed by atoms with E-state index >= 15 is 0 Å². The Morgan fingerprint density at radius 2 is 2.12 bits per heavy atom. The van der Waals surface area contributed by atoms with Crippen molar-refractivity contribution in [3.63, 3.8) is 0 Å². The van der Waals surface area contributed by atoms with E-state index < -0.39 is 0 Å². The van der Waals surface area contributed by atoms with E-state index in [2.05, 4.69) is 6.92 Å². The Morgan fingerprint density at radius 3 is 2.81 bits per heavy atom. The molecule has 0 radical (unpaired) electrons. The number of nitrogens with two attached hydrogens (primary N) is 1. The summed E-state index contributed by atoms with van der Waals surface area (Å²) in [7, 11) is 0. The first kappa shape index (κ1) is 13.9. The normalized spacial score (nSPS) is 22.5. The summed E-state index contributed by atoms with van der Waals surface area (Å²) in [5.74, 6) is 0.514. The van der Waals surface area contributed by atoms with Crippen molar-refractivity contribution in [3.05, 3.63) is 0 Å². The smallest absolute Gasteiger partial charge is 0.0621 e. The van der Waals surface area contributed by atoms with Crippen LogP contribution in [0.2, 0.25) is 0 Å². The fourth-order valence-corrected chi connectivity index (χ4v) is 2.05. The number of ether oxygens (including phenoxy) is 2. The molecule has 3 nitrogen and oxygen atoms in total. The van der Waals surface area contributed by atoms with Gasteiger partial charge in [-0.15, -0.1) is 0 Å². The molecule has 2 atom stereocenters. The molecular formula is C13H27NO2. The average Bonchev–Trinajstić information content (AvgIpc) is 2.81. The highest BCUT2D eigenvalue weighted by atomic mass is 16.5. The van der Waals surface area contributed by atoms with Crippen molar-refractivity contribution in [1.29, 1.82) is 0 Å². The SMILES string of the molecule is CCCCCCCOCC(N)C1CCOC1. The second kappa shape index (κ2) is 8.97. The zero-order chi connectivity index (χ0) is 11.6. The number of unbranched alkanes of at least 4 members (excludes halogenated alkanes) is 4. The van der Waals surface area contributed by atoms with Gasteiger partial charge in [-0.1, -0.05) is 32.6 Å². The first-order valence-electron chi connectivity index (χ1n) is 6.75. The Balaban J connectivity index is 1.86. The van der Waals surface area contributed by atoms with Gasteiger partial charge in [0.15, 0.2) is 0 Å². The van der Waals surface area contributed by atoms with E-state index in [0.29, 0.717) is 12.5 Å². The predicted octanol–water partition coefficient (Wildman–Crippen LogP) is 2.34. The van der Waals surface area contributed by atoms with E-state index in [1.165, 1.54) is 32.1 Å². The Hall–Kier alpha value is -0.120. The van der Waals surface area contributed by atoms with E-state index in [9.17, 15) is 0 Å². The van der Waals surface area contributed by atoms with Crippen molar-refractivity contribution in [2.45, 2.75) is 51.5 Å². The lowest BCUT2D eigenvalue weighted by atomic mass is 10.0. The summed E-state index contributed by atoms with van der Waals surface area (Å²) in [6, 6.07) is 0.165. The molecule has 1 heterocycles. The highest BCUT2D eigenvalue weighted by molar-refractivity contribution is 4.75. The van der Waals surface area contributed by atoms with E-state index in [0.717, 1.165) is 26.2 Å². The van der Waals surface area contributed by atoms with Gasteiger partial charge in [0.1, 0.15) is 0 Å². The molecule has 1 fully saturated rings. The zero-order valence-electron chi connectivity index (χ0n) is 10.6. The van der Waals surface area contributed by atoms with Gasteiger partial charge in [0.05, 0.1) is 13.2 Å². The van der Waals surface area contributed by atoms with Gasteiger partial charge in [-0.05, 0) is 12.8 Å². The third kappa shape index (κ3) is 5.83. The van der Waals surface area contributed by atoms with Crippen LogP contribution in [-0.2, 0) is 9.47 Å². The minimum Gasteiger partial charge on any atom is -0.381 e. The first-order chi connectivity index (χ1) is 7.84. The third-order valence-corrected chi connectivity index (χ3v) is 3.27. The van der Waals surface area contributed by atoms with Gasteiger partial charge >= 0.3 is 0 Å². The van der Waals surface area contributed by atoms with Crippen molar-refractivity contribution >= 4 is 0 Å². The number of hydrogen-bond donors (Lipinski definition) is 1. The summed E-state index contributed by atoms with van der Waals surface area (Å²) in [6.07, 6.45) is 7.54. The minimum absolute atomic E-state index is 0.165. The van der Waals surface area contributed by atoms with Crippen molar-refractivity contribution in [2.24, 2.45) is 11.7 Å². The lowest BCUT2D eigenvalue weighted by molar-refractivity contribution is 0.0965. The van der Waals surface area contributed by atoms with Crippen LogP contribution in [0.3, 0.4) is 0 Å². The van der Waals surface area contributed by atoms with Crippen LogP contribution in [0.4, 0.5) is 0 Å². The quantitative estimate of drug-likeness (QED) is 0.617. The van der Waals surface area contributed by atoms with E-state index in [4.69, 9.17) is 15.2 Å². The predicted molar refractivity (Wildman–Crippen MR) is 66.5 cm³/mol. The molecular weight excluding hydrogens is 202 g/mol. The van der Waals surface area contributed by atoms with Gasteiger partial charge in [-0.3, -0.25) is 0 Å². The van der Waals surface area contributed by atoms with Crippen LogP contribution >= 0.6 is 0 Å². The molecule has 0 amide bonds. The van der Waals surface area contributed by atoms with Gasteiger partial charge in [-0.25, -0.2) is 0 Å². The van der Waals surface area contributed by atoms with Crippen LogP contribution in [-0.4, -0.2) is 32.5 Å². The Bertz CT molecular complexity index is 158. The maximum atomic E-state index is 6.04. The molecule has 0 saturated carbocycles. The molecule has 0 aromatic heterocycles. The Morgan fingerprint density at radius 1 is 1.31 bits per heavy atom. The zero-order valence-corrected chi connectivity index (χ0v) is 10.6. The minimum atomic E-state index is 0.165. The maximum Gasteiger partial charge on any atom is 0.0621 e. The van der Waals surface area contributed by atoms with E-state index in [1.807, 2.05) is 0 Å². The van der Waals surface area contributed by atoms with Gasteiger partial charge in [0.2, 0.25) is 0 Å². The summed E-state index contributed by atoms with van der Waals surface area (Å²) in [4.78, 5) is 0. The van der Waals surface area contributed by atoms with Crippen LogP contribution in [0.15, 0.2) is 0 Å². The molecule has 0 bridgehead atoms. The van der Waals surface area contributed by atoms with Gasteiger partial charge in [0, 0.05) is 25.2 Å². The first-order valence-corrected chi connectivity index (χ1v) is 6.75. The van der Waals surface area contributed by atoms with Crippen LogP contribution in [0.5, 0.6) is 0 Å². The van der Waals surface area contributed by atoms with Crippen LogP contribution < -0.4 is 5.73 Å². The second-order valence-electron chi connectivity index (χ2n) is 4.78. The summed E-state index contributed by atoms with van der Waals surface area (Å²) in [5, 5.41) is 0. The van der Waals surface area contributed by atoms with Crippen molar-refractivity contribution < 1.29 is 9.47 Å². The van der Waals surface area contributed by atoms with Crippen LogP contribution in [0.1, 0.15) is 45.4 Å². The van der Waals surface area contributed by atoms with Crippen LogP contribution in [0.25, 0.3) is 0 Å². The fraction of sp³-hybridized carbons (Fsp3) is 1.00. The number of hydrogen-bond acceptors (Lipinski definition) is 3. The van der Waals surface area contributed by atoms with E-state index in [-0.39, 0.29) is 6.04 Å². The summed E-state index contributed by atoms with van der Waals surface area (Å²) in [6.45, 7) is 5.49. The molecule has 0 aliphatic carbocycles. The molecule has 0 aromatic rings. The highest BCUT2D eigenvalue weighted by Crippen LogP contribution is 2.15. The number of rotatable bonds is 9. The topological polar surface area (TPSA) is 44.5 Å². The Kier molecular flexibility index (Phi) is 7.81. The lowest BCUT2D eigenvalue weighted by Gasteiger charge is -2.17. The Labute approximate surface area is 99.7 Å².